The predicted molar refractivity (Wildman–Crippen MR) is 87.0 cm³/mol. The zero-order valence-corrected chi connectivity index (χ0v) is 12.7. The monoisotopic (exact) mass is 283 g/mol. The van der Waals surface area contributed by atoms with Gasteiger partial charge in [0.25, 0.3) is 0 Å². The van der Waals surface area contributed by atoms with Crippen LogP contribution in [0.5, 0.6) is 11.5 Å². The summed E-state index contributed by atoms with van der Waals surface area (Å²) in [5.41, 5.74) is 3.40. The van der Waals surface area contributed by atoms with Crippen molar-refractivity contribution < 1.29 is 9.47 Å². The van der Waals surface area contributed by atoms with Gasteiger partial charge in [-0.1, -0.05) is 30.3 Å². The van der Waals surface area contributed by atoms with Crippen LogP contribution in [0.2, 0.25) is 0 Å². The maximum atomic E-state index is 5.32. The van der Waals surface area contributed by atoms with Crippen molar-refractivity contribution in [1.82, 2.24) is 5.32 Å². The van der Waals surface area contributed by atoms with E-state index in [0.717, 1.165) is 34.7 Å². The molecule has 0 heterocycles. The van der Waals surface area contributed by atoms with E-state index in [4.69, 9.17) is 9.47 Å². The molecule has 0 saturated carbocycles. The van der Waals surface area contributed by atoms with Crippen LogP contribution >= 0.6 is 0 Å². The van der Waals surface area contributed by atoms with Crippen molar-refractivity contribution in [3.63, 3.8) is 0 Å². The van der Waals surface area contributed by atoms with Gasteiger partial charge in [0, 0.05) is 6.54 Å². The van der Waals surface area contributed by atoms with Gasteiger partial charge in [-0.15, -0.1) is 0 Å². The van der Waals surface area contributed by atoms with Crippen molar-refractivity contribution in [3.05, 3.63) is 65.7 Å². The van der Waals surface area contributed by atoms with E-state index < -0.39 is 0 Å². The summed E-state index contributed by atoms with van der Waals surface area (Å²) in [5.74, 6) is 1.71. The zero-order valence-electron chi connectivity index (χ0n) is 12.7. The highest BCUT2D eigenvalue weighted by atomic mass is 16.5. The third-order valence-electron chi connectivity index (χ3n) is 3.27. The van der Waals surface area contributed by atoms with Crippen molar-refractivity contribution in [1.29, 1.82) is 0 Å². The van der Waals surface area contributed by atoms with Crippen molar-refractivity contribution in [2.75, 3.05) is 27.8 Å². The number of nitrogens with one attached hydrogen (secondary N) is 1. The highest BCUT2D eigenvalue weighted by molar-refractivity contribution is 5.81. The number of hydrogen-bond donors (Lipinski definition) is 1. The molecule has 3 nitrogen and oxygen atoms in total. The minimum atomic E-state index is 0.795. The molecule has 0 amide bonds. The second kappa shape index (κ2) is 7.50. The summed E-state index contributed by atoms with van der Waals surface area (Å²) < 4.78 is 10.6. The summed E-state index contributed by atoms with van der Waals surface area (Å²) in [6.07, 6.45) is 2.17. The van der Waals surface area contributed by atoms with E-state index in [2.05, 4.69) is 23.5 Å². The Labute approximate surface area is 126 Å². The minimum Gasteiger partial charge on any atom is -0.497 e. The maximum Gasteiger partial charge on any atom is 0.119 e. The Balaban J connectivity index is 2.46. The normalized spacial score (nSPS) is 10.0. The molecule has 110 valence electrons. The molecule has 2 aromatic rings. The number of hydrogen-bond acceptors (Lipinski definition) is 3. The molecular formula is C18H21NO2. The Bertz CT molecular complexity index is 571. The zero-order chi connectivity index (χ0) is 15.1. The van der Waals surface area contributed by atoms with Gasteiger partial charge in [0.15, 0.2) is 0 Å². The molecule has 0 atom stereocenters. The number of methoxy groups -OCH3 is 2. The van der Waals surface area contributed by atoms with Gasteiger partial charge in [0.05, 0.1) is 14.2 Å². The van der Waals surface area contributed by atoms with Crippen LogP contribution < -0.4 is 14.8 Å². The quantitative estimate of drug-likeness (QED) is 0.882. The second-order valence-electron chi connectivity index (χ2n) is 4.64. The fraction of sp³-hybridized carbons (Fsp3) is 0.222. The van der Waals surface area contributed by atoms with E-state index in [-0.39, 0.29) is 0 Å². The van der Waals surface area contributed by atoms with Gasteiger partial charge < -0.3 is 14.8 Å². The number of rotatable bonds is 6. The van der Waals surface area contributed by atoms with Crippen molar-refractivity contribution >= 4 is 5.57 Å². The Morgan fingerprint density at radius 1 is 0.952 bits per heavy atom. The number of ether oxygens (including phenoxy) is 2. The SMILES string of the molecule is CNCC=C(c1cccc(OC)c1)c1cccc(OC)c1. The topological polar surface area (TPSA) is 30.5 Å². The molecule has 0 radical (unpaired) electrons. The molecule has 0 spiro atoms. The smallest absolute Gasteiger partial charge is 0.119 e. The standard InChI is InChI=1S/C18H21NO2/c1-19-11-10-18(14-6-4-8-16(12-14)20-2)15-7-5-9-17(13-15)21-3/h4-10,12-13,19H,11H2,1-3H3. The molecule has 2 rings (SSSR count). The summed E-state index contributed by atoms with van der Waals surface area (Å²) in [5, 5.41) is 3.16. The van der Waals surface area contributed by atoms with Gasteiger partial charge in [-0.2, -0.15) is 0 Å². The molecule has 0 fully saturated rings. The first kappa shape index (κ1) is 15.1. The molecule has 1 N–H and O–H groups in total. The highest BCUT2D eigenvalue weighted by Crippen LogP contribution is 2.28. The van der Waals surface area contributed by atoms with Crippen LogP contribution in [0.4, 0.5) is 0 Å². The van der Waals surface area contributed by atoms with E-state index >= 15 is 0 Å². The first-order valence-corrected chi connectivity index (χ1v) is 6.92. The lowest BCUT2D eigenvalue weighted by atomic mass is 9.97. The van der Waals surface area contributed by atoms with E-state index in [1.54, 1.807) is 14.2 Å². The summed E-state index contributed by atoms with van der Waals surface area (Å²) in [6, 6.07) is 16.2. The first-order valence-electron chi connectivity index (χ1n) is 6.92. The molecule has 0 aliphatic heterocycles. The molecule has 0 unspecified atom stereocenters. The minimum absolute atomic E-state index is 0.795. The summed E-state index contributed by atoms with van der Waals surface area (Å²) >= 11 is 0. The molecule has 0 aliphatic rings. The van der Waals surface area contributed by atoms with Crippen molar-refractivity contribution in [3.8, 4) is 11.5 Å². The van der Waals surface area contributed by atoms with Crippen molar-refractivity contribution in [2.24, 2.45) is 0 Å². The predicted octanol–water partition coefficient (Wildman–Crippen LogP) is 3.35. The molecule has 0 saturated heterocycles. The molecule has 21 heavy (non-hydrogen) atoms. The average molecular weight is 283 g/mol. The van der Waals surface area contributed by atoms with Crippen LogP contribution in [0, 0.1) is 0 Å². The molecule has 0 aliphatic carbocycles. The second-order valence-corrected chi connectivity index (χ2v) is 4.64. The first-order chi connectivity index (χ1) is 10.3. The third-order valence-corrected chi connectivity index (χ3v) is 3.27. The molecular weight excluding hydrogens is 262 g/mol. The highest BCUT2D eigenvalue weighted by Gasteiger charge is 2.07. The van der Waals surface area contributed by atoms with E-state index in [1.807, 2.05) is 43.4 Å². The summed E-state index contributed by atoms with van der Waals surface area (Å²) in [6.45, 7) is 0.795. The number of benzene rings is 2. The average Bonchev–Trinajstić information content (AvgIpc) is 2.55. The van der Waals surface area contributed by atoms with E-state index in [9.17, 15) is 0 Å². The summed E-state index contributed by atoms with van der Waals surface area (Å²) in [7, 11) is 5.30. The third kappa shape index (κ3) is 3.86. The Morgan fingerprint density at radius 2 is 1.48 bits per heavy atom. The van der Waals surface area contributed by atoms with E-state index in [0.29, 0.717) is 0 Å². The van der Waals surface area contributed by atoms with Gasteiger partial charge >= 0.3 is 0 Å². The molecule has 0 bridgehead atoms. The number of likely N-dealkylation sites (N-methyl/N-ethyl adjacent to an activating group) is 1. The molecule has 3 heteroatoms. The van der Waals surface area contributed by atoms with Gasteiger partial charge in [0.2, 0.25) is 0 Å². The van der Waals surface area contributed by atoms with Gasteiger partial charge in [-0.05, 0) is 48.0 Å². The maximum absolute atomic E-state index is 5.32. The Morgan fingerprint density at radius 3 is 1.90 bits per heavy atom. The fourth-order valence-corrected chi connectivity index (χ4v) is 2.19. The lowest BCUT2D eigenvalue weighted by Gasteiger charge is -2.11. The van der Waals surface area contributed by atoms with Crippen LogP contribution in [0.25, 0.3) is 5.57 Å². The lowest BCUT2D eigenvalue weighted by Crippen LogP contribution is -2.05. The summed E-state index contributed by atoms with van der Waals surface area (Å²) in [4.78, 5) is 0. The van der Waals surface area contributed by atoms with Crippen LogP contribution in [0.15, 0.2) is 54.6 Å². The Hall–Kier alpha value is -2.26. The molecule has 0 aromatic heterocycles. The van der Waals surface area contributed by atoms with Crippen LogP contribution in [-0.2, 0) is 0 Å². The van der Waals surface area contributed by atoms with Crippen LogP contribution in [0.3, 0.4) is 0 Å². The molecule has 2 aromatic carbocycles. The Kier molecular flexibility index (Phi) is 5.41. The largest absolute Gasteiger partial charge is 0.497 e. The lowest BCUT2D eigenvalue weighted by molar-refractivity contribution is 0.414. The van der Waals surface area contributed by atoms with Gasteiger partial charge in [0.1, 0.15) is 11.5 Å². The van der Waals surface area contributed by atoms with Gasteiger partial charge in [-0.3, -0.25) is 0 Å². The van der Waals surface area contributed by atoms with E-state index in [1.165, 1.54) is 0 Å². The van der Waals surface area contributed by atoms with Crippen LogP contribution in [-0.4, -0.2) is 27.8 Å². The van der Waals surface area contributed by atoms with Crippen molar-refractivity contribution in [2.45, 2.75) is 0 Å². The van der Waals surface area contributed by atoms with Gasteiger partial charge in [-0.25, -0.2) is 0 Å². The fourth-order valence-electron chi connectivity index (χ4n) is 2.19. The van der Waals surface area contributed by atoms with Crippen LogP contribution in [0.1, 0.15) is 11.1 Å².